The van der Waals surface area contributed by atoms with Gasteiger partial charge in [0.05, 0.1) is 6.54 Å². The monoisotopic (exact) mass is 285 g/mol. The van der Waals surface area contributed by atoms with Crippen LogP contribution in [0.4, 0.5) is 0 Å². The van der Waals surface area contributed by atoms with E-state index in [9.17, 15) is 0 Å². The maximum absolute atomic E-state index is 6.15. The van der Waals surface area contributed by atoms with E-state index in [1.54, 1.807) is 0 Å². The summed E-state index contributed by atoms with van der Waals surface area (Å²) in [4.78, 5) is 0. The van der Waals surface area contributed by atoms with Gasteiger partial charge in [0.25, 0.3) is 0 Å². The van der Waals surface area contributed by atoms with Gasteiger partial charge in [-0.25, -0.2) is 0 Å². The molecule has 0 bridgehead atoms. The van der Waals surface area contributed by atoms with Gasteiger partial charge in [-0.3, -0.25) is 0 Å². The van der Waals surface area contributed by atoms with Crippen molar-refractivity contribution in [2.75, 3.05) is 0 Å². The van der Waals surface area contributed by atoms with Crippen molar-refractivity contribution in [2.45, 2.75) is 71.4 Å². The SMILES string of the molecule is CCCCc1ccc2oc(CNC(C)C)c(C3CC3)c2c1. The molecule has 1 heterocycles. The second-order valence-electron chi connectivity index (χ2n) is 6.68. The fourth-order valence-electron chi connectivity index (χ4n) is 3.00. The molecule has 0 unspecified atom stereocenters. The molecule has 3 rings (SSSR count). The van der Waals surface area contributed by atoms with Crippen LogP contribution >= 0.6 is 0 Å². The van der Waals surface area contributed by atoms with Crippen LogP contribution in [0.5, 0.6) is 0 Å². The van der Waals surface area contributed by atoms with E-state index in [4.69, 9.17) is 4.42 Å². The molecule has 0 radical (unpaired) electrons. The van der Waals surface area contributed by atoms with Crippen molar-refractivity contribution < 1.29 is 4.42 Å². The van der Waals surface area contributed by atoms with Gasteiger partial charge >= 0.3 is 0 Å². The van der Waals surface area contributed by atoms with Crippen molar-refractivity contribution in [1.29, 1.82) is 0 Å². The third-order valence-electron chi connectivity index (χ3n) is 4.34. The van der Waals surface area contributed by atoms with Gasteiger partial charge < -0.3 is 9.73 Å². The number of furan rings is 1. The number of hydrogen-bond acceptors (Lipinski definition) is 2. The first-order valence-corrected chi connectivity index (χ1v) is 8.46. The van der Waals surface area contributed by atoms with E-state index < -0.39 is 0 Å². The van der Waals surface area contributed by atoms with Gasteiger partial charge in [0.15, 0.2) is 0 Å². The highest BCUT2D eigenvalue weighted by molar-refractivity contribution is 5.84. The summed E-state index contributed by atoms with van der Waals surface area (Å²) in [6.45, 7) is 7.47. The van der Waals surface area contributed by atoms with E-state index in [0.29, 0.717) is 6.04 Å². The Kier molecular flexibility index (Phi) is 4.34. The van der Waals surface area contributed by atoms with Gasteiger partial charge in [0.2, 0.25) is 0 Å². The molecule has 0 atom stereocenters. The van der Waals surface area contributed by atoms with E-state index in [1.807, 2.05) is 0 Å². The van der Waals surface area contributed by atoms with Crippen LogP contribution in [-0.2, 0) is 13.0 Å². The van der Waals surface area contributed by atoms with Crippen LogP contribution in [0, 0.1) is 0 Å². The topological polar surface area (TPSA) is 25.2 Å². The maximum atomic E-state index is 6.15. The number of benzene rings is 1. The van der Waals surface area contributed by atoms with Crippen LogP contribution < -0.4 is 5.32 Å². The van der Waals surface area contributed by atoms with Crippen LogP contribution in [0.3, 0.4) is 0 Å². The van der Waals surface area contributed by atoms with Gasteiger partial charge in [-0.1, -0.05) is 33.3 Å². The Hall–Kier alpha value is -1.28. The number of nitrogens with one attached hydrogen (secondary N) is 1. The summed E-state index contributed by atoms with van der Waals surface area (Å²) in [6, 6.07) is 7.27. The van der Waals surface area contributed by atoms with E-state index >= 15 is 0 Å². The highest BCUT2D eigenvalue weighted by Gasteiger charge is 2.30. The smallest absolute Gasteiger partial charge is 0.134 e. The zero-order valence-corrected chi connectivity index (χ0v) is 13.5. The molecule has 0 amide bonds. The highest BCUT2D eigenvalue weighted by atomic mass is 16.3. The molecule has 21 heavy (non-hydrogen) atoms. The van der Waals surface area contributed by atoms with Crippen LogP contribution in [0.1, 0.15) is 69.3 Å². The summed E-state index contributed by atoms with van der Waals surface area (Å²) >= 11 is 0. The Bertz CT molecular complexity index is 607. The Balaban J connectivity index is 1.93. The molecule has 1 N–H and O–H groups in total. The molecule has 0 spiro atoms. The van der Waals surface area contributed by atoms with E-state index in [1.165, 1.54) is 48.6 Å². The zero-order valence-electron chi connectivity index (χ0n) is 13.5. The highest BCUT2D eigenvalue weighted by Crippen LogP contribution is 2.46. The summed E-state index contributed by atoms with van der Waals surface area (Å²) < 4.78 is 6.15. The summed E-state index contributed by atoms with van der Waals surface area (Å²) in [6.07, 6.45) is 6.35. The average Bonchev–Trinajstić information content (AvgIpc) is 3.23. The Labute approximate surface area is 127 Å². The van der Waals surface area contributed by atoms with Gasteiger partial charge in [-0.2, -0.15) is 0 Å². The molecule has 1 fully saturated rings. The predicted molar refractivity (Wildman–Crippen MR) is 88.8 cm³/mol. The average molecular weight is 285 g/mol. The first-order valence-electron chi connectivity index (χ1n) is 8.46. The second kappa shape index (κ2) is 6.23. The third-order valence-corrected chi connectivity index (χ3v) is 4.34. The van der Waals surface area contributed by atoms with Crippen LogP contribution in [0.15, 0.2) is 22.6 Å². The molecule has 0 aliphatic heterocycles. The van der Waals surface area contributed by atoms with Gasteiger partial charge in [0.1, 0.15) is 11.3 Å². The number of rotatable bonds is 7. The van der Waals surface area contributed by atoms with E-state index in [0.717, 1.165) is 23.8 Å². The first-order chi connectivity index (χ1) is 10.2. The minimum Gasteiger partial charge on any atom is -0.459 e. The number of aryl methyl sites for hydroxylation is 1. The summed E-state index contributed by atoms with van der Waals surface area (Å²) in [7, 11) is 0. The lowest BCUT2D eigenvalue weighted by Gasteiger charge is -2.07. The normalized spacial score (nSPS) is 15.2. The molecule has 114 valence electrons. The Morgan fingerprint density at radius 1 is 1.29 bits per heavy atom. The molecule has 2 nitrogen and oxygen atoms in total. The van der Waals surface area contributed by atoms with Crippen LogP contribution in [0.2, 0.25) is 0 Å². The molecule has 1 aliphatic carbocycles. The fraction of sp³-hybridized carbons (Fsp3) is 0.579. The van der Waals surface area contributed by atoms with Crippen molar-refractivity contribution in [2.24, 2.45) is 0 Å². The standard InChI is InChI=1S/C19H27NO/c1-4-5-6-14-7-10-17-16(11-14)19(15-8-9-15)18(21-17)12-20-13(2)3/h7,10-11,13,15,20H,4-6,8-9,12H2,1-3H3. The Morgan fingerprint density at radius 3 is 2.76 bits per heavy atom. The van der Waals surface area contributed by atoms with Gasteiger partial charge in [0, 0.05) is 17.0 Å². The molecule has 1 saturated carbocycles. The minimum absolute atomic E-state index is 0.491. The van der Waals surface area contributed by atoms with Crippen molar-refractivity contribution in [3.8, 4) is 0 Å². The lowest BCUT2D eigenvalue weighted by molar-refractivity contribution is 0.483. The fourth-order valence-corrected chi connectivity index (χ4v) is 3.00. The summed E-state index contributed by atoms with van der Waals surface area (Å²) in [5.74, 6) is 1.89. The lowest BCUT2D eigenvalue weighted by Crippen LogP contribution is -2.22. The van der Waals surface area contributed by atoms with E-state index in [-0.39, 0.29) is 0 Å². The zero-order chi connectivity index (χ0) is 14.8. The molecule has 0 saturated heterocycles. The molecule has 1 aliphatic rings. The van der Waals surface area contributed by atoms with Crippen molar-refractivity contribution in [3.05, 3.63) is 35.1 Å². The lowest BCUT2D eigenvalue weighted by atomic mass is 10.0. The molecule has 2 aromatic rings. The molecule has 1 aromatic carbocycles. The van der Waals surface area contributed by atoms with Gasteiger partial charge in [-0.15, -0.1) is 0 Å². The number of unbranched alkanes of at least 4 members (excludes halogenated alkanes) is 1. The van der Waals surface area contributed by atoms with Crippen molar-refractivity contribution in [3.63, 3.8) is 0 Å². The number of hydrogen-bond donors (Lipinski definition) is 1. The first kappa shape index (κ1) is 14.6. The van der Waals surface area contributed by atoms with Crippen LogP contribution in [0.25, 0.3) is 11.0 Å². The quantitative estimate of drug-likeness (QED) is 0.761. The largest absolute Gasteiger partial charge is 0.459 e. The van der Waals surface area contributed by atoms with Crippen molar-refractivity contribution in [1.82, 2.24) is 5.32 Å². The maximum Gasteiger partial charge on any atom is 0.134 e. The van der Waals surface area contributed by atoms with Crippen molar-refractivity contribution >= 4 is 11.0 Å². The van der Waals surface area contributed by atoms with Gasteiger partial charge in [-0.05, 0) is 49.3 Å². The molecular formula is C19H27NO. The van der Waals surface area contributed by atoms with Crippen LogP contribution in [-0.4, -0.2) is 6.04 Å². The minimum atomic E-state index is 0.491. The van der Waals surface area contributed by atoms with E-state index in [2.05, 4.69) is 44.3 Å². The Morgan fingerprint density at radius 2 is 2.10 bits per heavy atom. The molecule has 2 heteroatoms. The summed E-state index contributed by atoms with van der Waals surface area (Å²) in [5.41, 5.74) is 4.00. The second-order valence-corrected chi connectivity index (χ2v) is 6.68. The number of fused-ring (bicyclic) bond motifs is 1. The molecular weight excluding hydrogens is 258 g/mol. The third kappa shape index (κ3) is 3.32. The summed E-state index contributed by atoms with van der Waals surface area (Å²) in [5, 5.41) is 4.87. The molecule has 1 aromatic heterocycles. The predicted octanol–water partition coefficient (Wildman–Crippen LogP) is 5.15.